The van der Waals surface area contributed by atoms with Gasteiger partial charge in [-0.2, -0.15) is 5.26 Å². The number of rotatable bonds is 3. The lowest BCUT2D eigenvalue weighted by molar-refractivity contribution is 0.626. The van der Waals surface area contributed by atoms with Gasteiger partial charge in [-0.3, -0.25) is 4.21 Å². The molecule has 0 fully saturated rings. The summed E-state index contributed by atoms with van der Waals surface area (Å²) >= 11 is 0. The van der Waals surface area contributed by atoms with Crippen molar-refractivity contribution < 1.29 is 8.60 Å². The molecule has 0 aliphatic carbocycles. The second-order valence-corrected chi connectivity index (χ2v) is 4.53. The van der Waals surface area contributed by atoms with Gasteiger partial charge in [0.25, 0.3) is 0 Å². The van der Waals surface area contributed by atoms with E-state index in [1.165, 1.54) is 18.2 Å². The number of halogens is 1. The molecule has 14 heavy (non-hydrogen) atoms. The maximum absolute atomic E-state index is 12.8. The average molecular weight is 211 g/mol. The van der Waals surface area contributed by atoms with Gasteiger partial charge < -0.3 is 0 Å². The molecule has 0 N–H and O–H groups in total. The predicted molar refractivity (Wildman–Crippen MR) is 53.5 cm³/mol. The van der Waals surface area contributed by atoms with E-state index in [0.29, 0.717) is 16.9 Å². The Balaban J connectivity index is 3.00. The quantitative estimate of drug-likeness (QED) is 0.767. The fourth-order valence-electron chi connectivity index (χ4n) is 1.07. The van der Waals surface area contributed by atoms with E-state index in [4.69, 9.17) is 5.26 Å². The van der Waals surface area contributed by atoms with E-state index in [0.717, 1.165) is 0 Å². The van der Waals surface area contributed by atoms with Gasteiger partial charge in [-0.1, -0.05) is 6.92 Å². The Hall–Kier alpha value is -1.21. The first-order valence-electron chi connectivity index (χ1n) is 4.21. The molecule has 2 nitrogen and oxygen atoms in total. The number of nitriles is 1. The number of nitrogens with zero attached hydrogens (tertiary/aromatic N) is 1. The lowest BCUT2D eigenvalue weighted by atomic mass is 10.1. The van der Waals surface area contributed by atoms with Gasteiger partial charge in [0.1, 0.15) is 5.82 Å². The SMILES string of the molecule is CCS(=O)Cc1cc(F)ccc1C#N. The highest BCUT2D eigenvalue weighted by Crippen LogP contribution is 2.12. The van der Waals surface area contributed by atoms with Crippen molar-refractivity contribution >= 4 is 10.8 Å². The van der Waals surface area contributed by atoms with E-state index >= 15 is 0 Å². The molecule has 0 saturated heterocycles. The third-order valence-electron chi connectivity index (χ3n) is 1.83. The molecule has 0 aliphatic heterocycles. The Morgan fingerprint density at radius 3 is 2.86 bits per heavy atom. The summed E-state index contributed by atoms with van der Waals surface area (Å²) < 4.78 is 24.1. The highest BCUT2D eigenvalue weighted by Gasteiger charge is 2.06. The summed E-state index contributed by atoms with van der Waals surface area (Å²) in [4.78, 5) is 0. The predicted octanol–water partition coefficient (Wildman–Crippen LogP) is 1.97. The van der Waals surface area contributed by atoms with E-state index < -0.39 is 16.6 Å². The molecular weight excluding hydrogens is 201 g/mol. The third-order valence-corrected chi connectivity index (χ3v) is 3.10. The van der Waals surface area contributed by atoms with E-state index in [1.807, 2.05) is 6.07 Å². The first-order valence-corrected chi connectivity index (χ1v) is 5.69. The van der Waals surface area contributed by atoms with Gasteiger partial charge in [-0.05, 0) is 23.8 Å². The zero-order chi connectivity index (χ0) is 10.6. The second-order valence-electron chi connectivity index (χ2n) is 2.79. The zero-order valence-electron chi connectivity index (χ0n) is 7.79. The fourth-order valence-corrected chi connectivity index (χ4v) is 1.86. The maximum Gasteiger partial charge on any atom is 0.123 e. The number of hydrogen-bond donors (Lipinski definition) is 0. The summed E-state index contributed by atoms with van der Waals surface area (Å²) in [6.07, 6.45) is 0. The third kappa shape index (κ3) is 2.64. The molecule has 4 heteroatoms. The van der Waals surface area contributed by atoms with Crippen molar-refractivity contribution in [2.75, 3.05) is 5.75 Å². The van der Waals surface area contributed by atoms with Gasteiger partial charge in [0, 0.05) is 22.3 Å². The van der Waals surface area contributed by atoms with Crippen LogP contribution < -0.4 is 0 Å². The zero-order valence-corrected chi connectivity index (χ0v) is 8.60. The maximum atomic E-state index is 12.8. The molecule has 1 rings (SSSR count). The Morgan fingerprint density at radius 2 is 2.29 bits per heavy atom. The van der Waals surface area contributed by atoms with Crippen molar-refractivity contribution in [3.8, 4) is 6.07 Å². The minimum atomic E-state index is -1.02. The van der Waals surface area contributed by atoms with E-state index in [2.05, 4.69) is 0 Å². The van der Waals surface area contributed by atoms with Crippen molar-refractivity contribution in [3.05, 3.63) is 35.1 Å². The van der Waals surface area contributed by atoms with Crippen LogP contribution in [-0.2, 0) is 16.6 Å². The molecule has 0 aliphatic rings. The molecule has 0 saturated carbocycles. The van der Waals surface area contributed by atoms with Gasteiger partial charge in [-0.25, -0.2) is 4.39 Å². The van der Waals surface area contributed by atoms with Crippen LogP contribution in [0.2, 0.25) is 0 Å². The molecule has 0 bridgehead atoms. The molecule has 0 amide bonds. The van der Waals surface area contributed by atoms with Crippen molar-refractivity contribution in [1.29, 1.82) is 5.26 Å². The monoisotopic (exact) mass is 211 g/mol. The molecule has 1 unspecified atom stereocenters. The molecule has 1 aromatic carbocycles. The van der Waals surface area contributed by atoms with E-state index in [-0.39, 0.29) is 5.75 Å². The average Bonchev–Trinajstić information content (AvgIpc) is 2.18. The van der Waals surface area contributed by atoms with Crippen LogP contribution in [0.3, 0.4) is 0 Å². The summed E-state index contributed by atoms with van der Waals surface area (Å²) in [6, 6.07) is 5.87. The van der Waals surface area contributed by atoms with Gasteiger partial charge in [0.2, 0.25) is 0 Å². The summed E-state index contributed by atoms with van der Waals surface area (Å²) in [5, 5.41) is 8.72. The normalized spacial score (nSPS) is 12.1. The molecule has 0 aromatic heterocycles. The topological polar surface area (TPSA) is 40.9 Å². The lowest BCUT2D eigenvalue weighted by Gasteiger charge is -2.02. The van der Waals surface area contributed by atoms with Crippen LogP contribution in [0.5, 0.6) is 0 Å². The van der Waals surface area contributed by atoms with Crippen molar-refractivity contribution in [1.82, 2.24) is 0 Å². The Bertz CT molecular complexity index is 398. The minimum absolute atomic E-state index is 0.247. The standard InChI is InChI=1S/C10H10FNOS/c1-2-14(13)7-9-5-10(11)4-3-8(9)6-12/h3-5H,2,7H2,1H3. The first-order chi connectivity index (χ1) is 6.67. The number of benzene rings is 1. The first kappa shape index (κ1) is 10.9. The molecule has 1 aromatic rings. The largest absolute Gasteiger partial charge is 0.259 e. The molecule has 0 radical (unpaired) electrons. The van der Waals surface area contributed by atoms with Gasteiger partial charge in [0.15, 0.2) is 0 Å². The van der Waals surface area contributed by atoms with Crippen LogP contribution >= 0.6 is 0 Å². The van der Waals surface area contributed by atoms with E-state index in [1.54, 1.807) is 6.92 Å². The molecule has 0 heterocycles. The van der Waals surface area contributed by atoms with Crippen molar-refractivity contribution in [2.45, 2.75) is 12.7 Å². The van der Waals surface area contributed by atoms with E-state index in [9.17, 15) is 8.60 Å². The van der Waals surface area contributed by atoms with Crippen LogP contribution in [0, 0.1) is 17.1 Å². The van der Waals surface area contributed by atoms with Crippen molar-refractivity contribution in [2.24, 2.45) is 0 Å². The Kier molecular flexibility index (Phi) is 3.78. The summed E-state index contributed by atoms with van der Waals surface area (Å²) in [5.74, 6) is 0.366. The summed E-state index contributed by atoms with van der Waals surface area (Å²) in [5.41, 5.74) is 0.917. The fraction of sp³-hybridized carbons (Fsp3) is 0.300. The van der Waals surface area contributed by atoms with Crippen molar-refractivity contribution in [3.63, 3.8) is 0 Å². The van der Waals surface area contributed by atoms with Crippen LogP contribution in [0.1, 0.15) is 18.1 Å². The summed E-state index contributed by atoms with van der Waals surface area (Å²) in [7, 11) is -1.02. The van der Waals surface area contributed by atoms with Crippen LogP contribution in [-0.4, -0.2) is 9.96 Å². The molecular formula is C10H10FNOS. The Labute approximate surface area is 84.8 Å². The van der Waals surface area contributed by atoms with Crippen LogP contribution in [0.25, 0.3) is 0 Å². The highest BCUT2D eigenvalue weighted by atomic mass is 32.2. The highest BCUT2D eigenvalue weighted by molar-refractivity contribution is 7.84. The number of hydrogen-bond acceptors (Lipinski definition) is 2. The minimum Gasteiger partial charge on any atom is -0.259 e. The van der Waals surface area contributed by atoms with Gasteiger partial charge in [-0.15, -0.1) is 0 Å². The van der Waals surface area contributed by atoms with Gasteiger partial charge >= 0.3 is 0 Å². The van der Waals surface area contributed by atoms with Crippen LogP contribution in [0.15, 0.2) is 18.2 Å². The smallest absolute Gasteiger partial charge is 0.123 e. The second kappa shape index (κ2) is 4.87. The van der Waals surface area contributed by atoms with Gasteiger partial charge in [0.05, 0.1) is 11.6 Å². The Morgan fingerprint density at radius 1 is 1.57 bits per heavy atom. The molecule has 74 valence electrons. The van der Waals surface area contributed by atoms with Crippen LogP contribution in [0.4, 0.5) is 4.39 Å². The molecule has 0 spiro atoms. The lowest BCUT2D eigenvalue weighted by Crippen LogP contribution is -2.00. The summed E-state index contributed by atoms with van der Waals surface area (Å²) in [6.45, 7) is 1.79. The molecule has 1 atom stereocenters.